The number of hydrogen-bond donors (Lipinski definition) is 0. The standard InChI is InChI=1S/C22H35NOS/c1-5-21(3,4)20-8-6-19(7-9-20)14-18(2)15-23-12-10-22(11-13-23)16-25(24)17-22/h6-9,18H,5,10-17H2,1-4H3. The van der Waals surface area contributed by atoms with Gasteiger partial charge in [-0.25, -0.2) is 0 Å². The van der Waals surface area contributed by atoms with Crippen LogP contribution in [0.3, 0.4) is 0 Å². The molecule has 0 aliphatic carbocycles. The number of benzene rings is 1. The minimum atomic E-state index is -0.505. The van der Waals surface area contributed by atoms with Gasteiger partial charge in [0.1, 0.15) is 11.5 Å². The minimum Gasteiger partial charge on any atom is -0.616 e. The fraction of sp³-hybridized carbons (Fsp3) is 0.727. The van der Waals surface area contributed by atoms with E-state index in [9.17, 15) is 4.55 Å². The van der Waals surface area contributed by atoms with Crippen molar-refractivity contribution in [3.8, 4) is 0 Å². The van der Waals surface area contributed by atoms with Gasteiger partial charge in [0.05, 0.1) is 5.41 Å². The molecule has 2 heterocycles. The molecule has 0 N–H and O–H groups in total. The summed E-state index contributed by atoms with van der Waals surface area (Å²) in [6.07, 6.45) is 4.85. The van der Waals surface area contributed by atoms with Crippen LogP contribution in [0.5, 0.6) is 0 Å². The van der Waals surface area contributed by atoms with E-state index in [2.05, 4.69) is 56.9 Å². The van der Waals surface area contributed by atoms with E-state index in [0.29, 0.717) is 11.3 Å². The molecule has 140 valence electrons. The fourth-order valence-corrected chi connectivity index (χ4v) is 6.20. The Kier molecular flexibility index (Phi) is 5.87. The highest BCUT2D eigenvalue weighted by atomic mass is 32.2. The van der Waals surface area contributed by atoms with Crippen LogP contribution in [-0.2, 0) is 23.0 Å². The minimum absolute atomic E-state index is 0.277. The van der Waals surface area contributed by atoms with Crippen LogP contribution < -0.4 is 0 Å². The molecule has 2 fully saturated rings. The highest BCUT2D eigenvalue weighted by Crippen LogP contribution is 2.42. The molecule has 0 saturated carbocycles. The summed E-state index contributed by atoms with van der Waals surface area (Å²) in [5.74, 6) is 2.63. The predicted molar refractivity (Wildman–Crippen MR) is 109 cm³/mol. The molecule has 2 saturated heterocycles. The Bertz CT molecular complexity index is 552. The number of piperidine rings is 1. The second kappa shape index (κ2) is 7.62. The third-order valence-corrected chi connectivity index (χ3v) is 8.49. The first-order valence-corrected chi connectivity index (χ1v) is 11.5. The quantitative estimate of drug-likeness (QED) is 0.702. The van der Waals surface area contributed by atoms with Crippen molar-refractivity contribution < 1.29 is 4.55 Å². The monoisotopic (exact) mass is 361 g/mol. The summed E-state index contributed by atoms with van der Waals surface area (Å²) in [7, 11) is 0. The average Bonchev–Trinajstić information content (AvgIpc) is 2.56. The van der Waals surface area contributed by atoms with Gasteiger partial charge < -0.3 is 9.45 Å². The zero-order valence-electron chi connectivity index (χ0n) is 16.5. The molecule has 1 aromatic carbocycles. The SMILES string of the molecule is CCC(C)(C)c1ccc(CC(C)CN2CCC3(CC2)C[S+]([O-])C3)cc1. The molecule has 2 aliphatic rings. The molecule has 1 unspecified atom stereocenters. The van der Waals surface area contributed by atoms with Crippen LogP contribution in [0.15, 0.2) is 24.3 Å². The van der Waals surface area contributed by atoms with Crippen LogP contribution in [0.1, 0.15) is 58.1 Å². The van der Waals surface area contributed by atoms with Crippen LogP contribution in [0.4, 0.5) is 0 Å². The maximum Gasteiger partial charge on any atom is 0.115 e. The summed E-state index contributed by atoms with van der Waals surface area (Å²) < 4.78 is 11.4. The van der Waals surface area contributed by atoms with Gasteiger partial charge in [0.15, 0.2) is 0 Å². The zero-order valence-corrected chi connectivity index (χ0v) is 17.3. The van der Waals surface area contributed by atoms with Crippen LogP contribution in [0.25, 0.3) is 0 Å². The van der Waals surface area contributed by atoms with Crippen LogP contribution in [0, 0.1) is 11.3 Å². The highest BCUT2D eigenvalue weighted by molar-refractivity contribution is 7.92. The molecule has 2 nitrogen and oxygen atoms in total. The topological polar surface area (TPSA) is 26.3 Å². The highest BCUT2D eigenvalue weighted by Gasteiger charge is 2.49. The van der Waals surface area contributed by atoms with Gasteiger partial charge in [0.2, 0.25) is 0 Å². The van der Waals surface area contributed by atoms with Gasteiger partial charge in [-0.15, -0.1) is 0 Å². The van der Waals surface area contributed by atoms with Gasteiger partial charge in [-0.3, -0.25) is 0 Å². The maximum absolute atomic E-state index is 11.4. The largest absolute Gasteiger partial charge is 0.616 e. The van der Waals surface area contributed by atoms with E-state index < -0.39 is 11.2 Å². The summed E-state index contributed by atoms with van der Waals surface area (Å²) in [6.45, 7) is 12.9. The van der Waals surface area contributed by atoms with E-state index in [1.807, 2.05) is 0 Å². The van der Waals surface area contributed by atoms with Crippen molar-refractivity contribution in [1.82, 2.24) is 4.90 Å². The lowest BCUT2D eigenvalue weighted by Crippen LogP contribution is -2.55. The van der Waals surface area contributed by atoms with Crippen molar-refractivity contribution in [1.29, 1.82) is 0 Å². The average molecular weight is 362 g/mol. The Morgan fingerprint density at radius 3 is 2.28 bits per heavy atom. The van der Waals surface area contributed by atoms with E-state index >= 15 is 0 Å². The summed E-state index contributed by atoms with van der Waals surface area (Å²) in [5, 5.41) is 0. The molecule has 0 amide bonds. The number of rotatable bonds is 6. The molecule has 0 bridgehead atoms. The summed E-state index contributed by atoms with van der Waals surface area (Å²) >= 11 is -0.505. The van der Waals surface area contributed by atoms with Gasteiger partial charge in [-0.05, 0) is 61.2 Å². The maximum atomic E-state index is 11.4. The predicted octanol–water partition coefficient (Wildman–Crippen LogP) is 4.40. The van der Waals surface area contributed by atoms with Crippen molar-refractivity contribution in [2.45, 2.75) is 58.8 Å². The van der Waals surface area contributed by atoms with E-state index in [1.165, 1.54) is 56.4 Å². The summed E-state index contributed by atoms with van der Waals surface area (Å²) in [6, 6.07) is 9.32. The lowest BCUT2D eigenvalue weighted by Gasteiger charge is -2.47. The normalized spacial score (nSPS) is 22.8. The van der Waals surface area contributed by atoms with Crippen molar-refractivity contribution in [3.63, 3.8) is 0 Å². The van der Waals surface area contributed by atoms with Crippen molar-refractivity contribution >= 4 is 11.2 Å². The lowest BCUT2D eigenvalue weighted by atomic mass is 9.81. The van der Waals surface area contributed by atoms with Crippen LogP contribution in [0.2, 0.25) is 0 Å². The Balaban J connectivity index is 1.46. The fourth-order valence-electron chi connectivity index (χ4n) is 4.34. The first-order chi connectivity index (χ1) is 11.8. The van der Waals surface area contributed by atoms with Gasteiger partial charge >= 0.3 is 0 Å². The van der Waals surface area contributed by atoms with E-state index in [0.717, 1.165) is 11.5 Å². The molecule has 0 radical (unpaired) electrons. The molecule has 1 spiro atoms. The molecule has 3 heteroatoms. The Hall–Kier alpha value is -0.510. The summed E-state index contributed by atoms with van der Waals surface area (Å²) in [4.78, 5) is 2.63. The third-order valence-electron chi connectivity index (χ3n) is 6.62. The third kappa shape index (κ3) is 4.61. The molecule has 0 aromatic heterocycles. The lowest BCUT2D eigenvalue weighted by molar-refractivity contribution is 0.113. The molecular formula is C22H35NOS. The summed E-state index contributed by atoms with van der Waals surface area (Å²) in [5.41, 5.74) is 3.64. The zero-order chi connectivity index (χ0) is 18.1. The van der Waals surface area contributed by atoms with Crippen molar-refractivity contribution in [2.75, 3.05) is 31.1 Å². The smallest absolute Gasteiger partial charge is 0.115 e. The number of nitrogens with zero attached hydrogens (tertiary/aromatic N) is 1. The first-order valence-electron chi connectivity index (χ1n) is 9.99. The second-order valence-corrected chi connectivity index (χ2v) is 10.7. The van der Waals surface area contributed by atoms with E-state index in [4.69, 9.17) is 0 Å². The van der Waals surface area contributed by atoms with Gasteiger partial charge in [0.25, 0.3) is 0 Å². The van der Waals surface area contributed by atoms with Gasteiger partial charge in [0, 0.05) is 6.54 Å². The molecule has 25 heavy (non-hydrogen) atoms. The molecule has 2 aliphatic heterocycles. The van der Waals surface area contributed by atoms with Crippen molar-refractivity contribution in [2.24, 2.45) is 11.3 Å². The molecule has 3 rings (SSSR count). The molecule has 1 atom stereocenters. The Morgan fingerprint density at radius 1 is 1.16 bits per heavy atom. The number of hydrogen-bond acceptors (Lipinski definition) is 2. The molecular weight excluding hydrogens is 326 g/mol. The van der Waals surface area contributed by atoms with Gasteiger partial charge in [-0.2, -0.15) is 0 Å². The van der Waals surface area contributed by atoms with E-state index in [-0.39, 0.29) is 5.41 Å². The van der Waals surface area contributed by atoms with E-state index in [1.54, 1.807) is 0 Å². The van der Waals surface area contributed by atoms with Crippen LogP contribution >= 0.6 is 0 Å². The first kappa shape index (κ1) is 19.3. The van der Waals surface area contributed by atoms with Gasteiger partial charge in [-0.1, -0.05) is 63.1 Å². The Labute approximate surface area is 157 Å². The van der Waals surface area contributed by atoms with Crippen LogP contribution in [-0.4, -0.2) is 40.6 Å². The Morgan fingerprint density at radius 2 is 1.76 bits per heavy atom. The number of likely N-dealkylation sites (tertiary alicyclic amines) is 1. The molecule has 1 aromatic rings. The second-order valence-electron chi connectivity index (χ2n) is 9.27. The van der Waals surface area contributed by atoms with Crippen molar-refractivity contribution in [3.05, 3.63) is 35.4 Å².